The minimum atomic E-state index is 0.222. The lowest BCUT2D eigenvalue weighted by atomic mass is 10.3. The van der Waals surface area contributed by atoms with Crippen LogP contribution in [0.25, 0.3) is 0 Å². The summed E-state index contributed by atoms with van der Waals surface area (Å²) in [4.78, 5) is 8.64. The number of nitrogens with one attached hydrogen (secondary N) is 1. The quantitative estimate of drug-likeness (QED) is 0.864. The summed E-state index contributed by atoms with van der Waals surface area (Å²) in [6.45, 7) is 5.48. The van der Waals surface area contributed by atoms with Gasteiger partial charge < -0.3 is 14.6 Å². The van der Waals surface area contributed by atoms with Gasteiger partial charge in [0.05, 0.1) is 18.8 Å². The number of rotatable bonds is 6. The van der Waals surface area contributed by atoms with Crippen LogP contribution in [-0.2, 0) is 11.3 Å². The van der Waals surface area contributed by atoms with Crippen molar-refractivity contribution in [1.29, 1.82) is 0 Å². The number of hydrogen-bond acceptors (Lipinski definition) is 4. The highest BCUT2D eigenvalue weighted by molar-refractivity contribution is 5.31. The Bertz CT molecular complexity index is 509. The number of aromatic nitrogens is 3. The van der Waals surface area contributed by atoms with Crippen molar-refractivity contribution in [2.75, 3.05) is 19.0 Å². The van der Waals surface area contributed by atoms with Crippen molar-refractivity contribution in [1.82, 2.24) is 14.5 Å². The van der Waals surface area contributed by atoms with Gasteiger partial charge in [0, 0.05) is 31.7 Å². The van der Waals surface area contributed by atoms with Crippen molar-refractivity contribution >= 4 is 5.95 Å². The SMILES string of the molecule is COCC(C)Nc1nc(C)cn1Cc1cccnc1. The molecule has 0 aliphatic heterocycles. The maximum absolute atomic E-state index is 5.13. The van der Waals surface area contributed by atoms with Gasteiger partial charge in [-0.25, -0.2) is 4.98 Å². The van der Waals surface area contributed by atoms with E-state index in [1.165, 1.54) is 0 Å². The topological polar surface area (TPSA) is 52.0 Å². The molecule has 2 rings (SSSR count). The smallest absolute Gasteiger partial charge is 0.203 e. The summed E-state index contributed by atoms with van der Waals surface area (Å²) >= 11 is 0. The maximum atomic E-state index is 5.13. The molecule has 1 atom stereocenters. The number of imidazole rings is 1. The van der Waals surface area contributed by atoms with Crippen molar-refractivity contribution in [2.45, 2.75) is 26.4 Å². The number of methoxy groups -OCH3 is 1. The van der Waals surface area contributed by atoms with E-state index in [4.69, 9.17) is 4.74 Å². The van der Waals surface area contributed by atoms with E-state index in [9.17, 15) is 0 Å². The first-order valence-electron chi connectivity index (χ1n) is 6.37. The highest BCUT2D eigenvalue weighted by Crippen LogP contribution is 2.12. The number of anilines is 1. The molecule has 2 aromatic rings. The number of hydrogen-bond donors (Lipinski definition) is 1. The Morgan fingerprint density at radius 3 is 3.00 bits per heavy atom. The van der Waals surface area contributed by atoms with Crippen LogP contribution in [0.3, 0.4) is 0 Å². The van der Waals surface area contributed by atoms with Crippen molar-refractivity contribution in [2.24, 2.45) is 0 Å². The van der Waals surface area contributed by atoms with Gasteiger partial charge in [-0.1, -0.05) is 6.07 Å². The van der Waals surface area contributed by atoms with Crippen LogP contribution < -0.4 is 5.32 Å². The highest BCUT2D eigenvalue weighted by atomic mass is 16.5. The number of ether oxygens (including phenoxy) is 1. The fraction of sp³-hybridized carbons (Fsp3) is 0.429. The van der Waals surface area contributed by atoms with Crippen LogP contribution in [0, 0.1) is 6.92 Å². The molecule has 0 amide bonds. The lowest BCUT2D eigenvalue weighted by Gasteiger charge is -2.15. The molecule has 0 bridgehead atoms. The molecule has 0 aliphatic rings. The first kappa shape index (κ1) is 13.5. The van der Waals surface area contributed by atoms with Gasteiger partial charge in [-0.15, -0.1) is 0 Å². The first-order chi connectivity index (χ1) is 9.19. The second kappa shape index (κ2) is 6.33. The van der Waals surface area contributed by atoms with Crippen molar-refractivity contribution < 1.29 is 4.74 Å². The van der Waals surface area contributed by atoms with E-state index in [1.54, 1.807) is 13.3 Å². The fourth-order valence-electron chi connectivity index (χ4n) is 1.98. The molecule has 1 unspecified atom stereocenters. The van der Waals surface area contributed by atoms with E-state index in [1.807, 2.05) is 25.4 Å². The largest absolute Gasteiger partial charge is 0.383 e. The Hall–Kier alpha value is -1.88. The lowest BCUT2D eigenvalue weighted by molar-refractivity contribution is 0.190. The molecule has 2 aromatic heterocycles. The second-order valence-electron chi connectivity index (χ2n) is 4.70. The van der Waals surface area contributed by atoms with Crippen LogP contribution in [0.15, 0.2) is 30.7 Å². The molecule has 0 fully saturated rings. The molecule has 0 aromatic carbocycles. The van der Waals surface area contributed by atoms with E-state index >= 15 is 0 Å². The average Bonchev–Trinajstić information content (AvgIpc) is 2.71. The molecular weight excluding hydrogens is 240 g/mol. The van der Waals surface area contributed by atoms with Gasteiger partial charge in [-0.05, 0) is 25.5 Å². The Balaban J connectivity index is 2.12. The lowest BCUT2D eigenvalue weighted by Crippen LogP contribution is -2.23. The van der Waals surface area contributed by atoms with E-state index in [0.29, 0.717) is 6.61 Å². The normalized spacial score (nSPS) is 12.4. The molecule has 19 heavy (non-hydrogen) atoms. The molecule has 0 radical (unpaired) electrons. The van der Waals surface area contributed by atoms with Gasteiger partial charge in [0.1, 0.15) is 0 Å². The maximum Gasteiger partial charge on any atom is 0.203 e. The zero-order valence-electron chi connectivity index (χ0n) is 11.6. The number of pyridine rings is 1. The Morgan fingerprint density at radius 2 is 2.32 bits per heavy atom. The van der Waals surface area contributed by atoms with E-state index in [0.717, 1.165) is 23.8 Å². The minimum absolute atomic E-state index is 0.222. The van der Waals surface area contributed by atoms with E-state index < -0.39 is 0 Å². The predicted molar refractivity (Wildman–Crippen MR) is 75.3 cm³/mol. The summed E-state index contributed by atoms with van der Waals surface area (Å²) in [6.07, 6.45) is 5.69. The Kier molecular flexibility index (Phi) is 4.52. The standard InChI is InChI=1S/C14H20N4O/c1-11-8-18(9-13-5-4-6-15-7-13)14(16-11)17-12(2)10-19-3/h4-8,12H,9-10H2,1-3H3,(H,16,17). The molecule has 0 aliphatic carbocycles. The van der Waals surface area contributed by atoms with Crippen molar-refractivity contribution in [3.8, 4) is 0 Å². The monoisotopic (exact) mass is 260 g/mol. The third kappa shape index (κ3) is 3.79. The first-order valence-corrected chi connectivity index (χ1v) is 6.37. The van der Waals surface area contributed by atoms with Gasteiger partial charge in [0.2, 0.25) is 5.95 Å². The van der Waals surface area contributed by atoms with Gasteiger partial charge >= 0.3 is 0 Å². The molecule has 5 heteroatoms. The van der Waals surface area contributed by atoms with Crippen LogP contribution in [0.4, 0.5) is 5.95 Å². The van der Waals surface area contributed by atoms with Crippen LogP contribution >= 0.6 is 0 Å². The summed E-state index contributed by atoms with van der Waals surface area (Å²) < 4.78 is 7.23. The Morgan fingerprint density at radius 1 is 1.47 bits per heavy atom. The molecule has 2 heterocycles. The summed E-state index contributed by atoms with van der Waals surface area (Å²) in [5.74, 6) is 0.867. The summed E-state index contributed by atoms with van der Waals surface area (Å²) in [5.41, 5.74) is 2.15. The third-order valence-electron chi connectivity index (χ3n) is 2.76. The summed E-state index contributed by atoms with van der Waals surface area (Å²) in [6, 6.07) is 4.23. The molecule has 0 saturated carbocycles. The minimum Gasteiger partial charge on any atom is -0.383 e. The van der Waals surface area contributed by atoms with Gasteiger partial charge in [0.15, 0.2) is 0 Å². The van der Waals surface area contributed by atoms with E-state index in [-0.39, 0.29) is 6.04 Å². The predicted octanol–water partition coefficient (Wildman–Crippen LogP) is 2.08. The molecule has 1 N–H and O–H groups in total. The number of aryl methyl sites for hydroxylation is 1. The van der Waals surface area contributed by atoms with Gasteiger partial charge in [-0.3, -0.25) is 4.98 Å². The fourth-order valence-corrected chi connectivity index (χ4v) is 1.98. The van der Waals surface area contributed by atoms with Crippen LogP contribution in [0.1, 0.15) is 18.2 Å². The molecule has 5 nitrogen and oxygen atoms in total. The Labute approximate surface area is 113 Å². The van der Waals surface area contributed by atoms with Gasteiger partial charge in [-0.2, -0.15) is 0 Å². The second-order valence-corrected chi connectivity index (χ2v) is 4.70. The van der Waals surface area contributed by atoms with Crippen LogP contribution in [-0.4, -0.2) is 34.3 Å². The molecule has 102 valence electrons. The zero-order valence-corrected chi connectivity index (χ0v) is 11.6. The summed E-state index contributed by atoms with van der Waals surface area (Å²) in [7, 11) is 1.70. The van der Waals surface area contributed by atoms with Crippen LogP contribution in [0.5, 0.6) is 0 Å². The third-order valence-corrected chi connectivity index (χ3v) is 2.76. The molecule has 0 spiro atoms. The van der Waals surface area contributed by atoms with Crippen molar-refractivity contribution in [3.05, 3.63) is 42.0 Å². The van der Waals surface area contributed by atoms with Crippen molar-refractivity contribution in [3.63, 3.8) is 0 Å². The molecule has 0 saturated heterocycles. The molecular formula is C14H20N4O. The highest BCUT2D eigenvalue weighted by Gasteiger charge is 2.09. The van der Waals surface area contributed by atoms with Gasteiger partial charge in [0.25, 0.3) is 0 Å². The average molecular weight is 260 g/mol. The summed E-state index contributed by atoms with van der Waals surface area (Å²) in [5, 5.41) is 3.36. The van der Waals surface area contributed by atoms with E-state index in [2.05, 4.69) is 32.8 Å². The zero-order chi connectivity index (χ0) is 13.7. The number of nitrogens with zero attached hydrogens (tertiary/aromatic N) is 3. The van der Waals surface area contributed by atoms with Crippen LogP contribution in [0.2, 0.25) is 0 Å².